The molecule has 1 saturated heterocycles. The molecule has 5 aromatic rings. The SMILES string of the molecule is CC1(C)CCC(CN2CCN(c3ccc(C(=O)NS(=O)(=O)c4ccc(F)c([N+](=O)[O-])c4)c(Oc4cnc5[nH]ccc5c4)c3)CC23CC3)=C(c2ccc(Cl)cc2)C1. The van der Waals surface area contributed by atoms with Crippen molar-refractivity contribution in [3.8, 4) is 11.5 Å². The second-order valence-corrected chi connectivity index (χ2v) is 17.8. The average Bonchev–Trinajstić information content (AvgIpc) is 3.76. The molecule has 2 aliphatic carbocycles. The molecule has 2 fully saturated rings. The van der Waals surface area contributed by atoms with Gasteiger partial charge in [0.05, 0.1) is 21.6 Å². The van der Waals surface area contributed by atoms with Gasteiger partial charge < -0.3 is 14.6 Å². The summed E-state index contributed by atoms with van der Waals surface area (Å²) in [5.41, 5.74) is 4.66. The highest BCUT2D eigenvalue weighted by molar-refractivity contribution is 7.90. The molecule has 1 aliphatic heterocycles. The molecule has 2 aromatic heterocycles. The summed E-state index contributed by atoms with van der Waals surface area (Å²) in [5.74, 6) is -1.82. The van der Waals surface area contributed by atoms with E-state index in [1.165, 1.54) is 29.0 Å². The number of sulfonamides is 1. The Bertz CT molecular complexity index is 2520. The van der Waals surface area contributed by atoms with Crippen LogP contribution in [0.5, 0.6) is 11.5 Å². The summed E-state index contributed by atoms with van der Waals surface area (Å²) in [6.45, 7) is 7.88. The Morgan fingerprint density at radius 1 is 1.05 bits per heavy atom. The number of amides is 1. The van der Waals surface area contributed by atoms with E-state index in [1.54, 1.807) is 24.4 Å². The van der Waals surface area contributed by atoms with Crippen LogP contribution in [-0.4, -0.2) is 65.8 Å². The number of ether oxygens (including phenoxy) is 1. The number of halogens is 2. The Morgan fingerprint density at radius 2 is 1.84 bits per heavy atom. The largest absolute Gasteiger partial charge is 0.455 e. The number of piperazine rings is 1. The molecule has 1 spiro atoms. The lowest BCUT2D eigenvalue weighted by atomic mass is 9.72. The number of nitrogens with one attached hydrogen (secondary N) is 2. The maximum atomic E-state index is 14.0. The van der Waals surface area contributed by atoms with E-state index in [4.69, 9.17) is 16.3 Å². The van der Waals surface area contributed by atoms with Gasteiger partial charge in [-0.15, -0.1) is 0 Å². The lowest BCUT2D eigenvalue weighted by Gasteiger charge is -2.45. The summed E-state index contributed by atoms with van der Waals surface area (Å²) >= 11 is 6.25. The predicted molar refractivity (Wildman–Crippen MR) is 212 cm³/mol. The van der Waals surface area contributed by atoms with E-state index in [-0.39, 0.29) is 22.3 Å². The zero-order valence-electron chi connectivity index (χ0n) is 30.8. The molecule has 1 amide bonds. The number of pyridine rings is 1. The fourth-order valence-corrected chi connectivity index (χ4v) is 9.02. The van der Waals surface area contributed by atoms with E-state index in [0.29, 0.717) is 23.5 Å². The fourth-order valence-electron chi connectivity index (χ4n) is 7.91. The number of aromatic amines is 1. The van der Waals surface area contributed by atoms with Gasteiger partial charge in [-0.1, -0.05) is 43.2 Å². The Labute approximate surface area is 328 Å². The minimum Gasteiger partial charge on any atom is -0.455 e. The number of aromatic nitrogens is 2. The first-order valence-electron chi connectivity index (χ1n) is 18.4. The van der Waals surface area contributed by atoms with Crippen LogP contribution in [0.1, 0.15) is 61.9 Å². The van der Waals surface area contributed by atoms with Crippen molar-refractivity contribution in [3.63, 3.8) is 0 Å². The number of nitrogens with zero attached hydrogens (tertiary/aromatic N) is 4. The maximum Gasteiger partial charge on any atom is 0.306 e. The van der Waals surface area contributed by atoms with Crippen LogP contribution in [0.15, 0.2) is 95.7 Å². The zero-order valence-corrected chi connectivity index (χ0v) is 32.4. The Kier molecular flexibility index (Phi) is 9.62. The van der Waals surface area contributed by atoms with Crippen LogP contribution in [-0.2, 0) is 10.0 Å². The highest BCUT2D eigenvalue weighted by Crippen LogP contribution is 2.49. The molecule has 56 heavy (non-hydrogen) atoms. The van der Waals surface area contributed by atoms with Crippen molar-refractivity contribution >= 4 is 55.5 Å². The Balaban J connectivity index is 1.07. The van der Waals surface area contributed by atoms with Crippen molar-refractivity contribution in [2.24, 2.45) is 5.41 Å². The number of hydrogen-bond donors (Lipinski definition) is 2. The van der Waals surface area contributed by atoms with Crippen molar-refractivity contribution in [2.75, 3.05) is 31.1 Å². The summed E-state index contributed by atoms with van der Waals surface area (Å²) in [6, 6.07) is 18.8. The van der Waals surface area contributed by atoms with Crippen LogP contribution in [0, 0.1) is 21.3 Å². The van der Waals surface area contributed by atoms with Gasteiger partial charge in [0.1, 0.15) is 17.1 Å². The van der Waals surface area contributed by atoms with E-state index in [9.17, 15) is 27.7 Å². The molecule has 2 N–H and O–H groups in total. The first-order chi connectivity index (χ1) is 26.7. The number of anilines is 1. The van der Waals surface area contributed by atoms with Crippen LogP contribution >= 0.6 is 11.6 Å². The molecule has 3 aromatic carbocycles. The molecule has 8 rings (SSSR count). The van der Waals surface area contributed by atoms with Crippen LogP contribution in [0.3, 0.4) is 0 Å². The molecule has 12 nitrogen and oxygen atoms in total. The number of benzene rings is 3. The van der Waals surface area contributed by atoms with Gasteiger partial charge >= 0.3 is 5.69 Å². The molecular formula is C41H40ClFN6O6S. The number of H-pyrrole nitrogens is 1. The van der Waals surface area contributed by atoms with E-state index in [2.05, 4.69) is 45.7 Å². The summed E-state index contributed by atoms with van der Waals surface area (Å²) in [5, 5.41) is 12.8. The van der Waals surface area contributed by atoms with Crippen molar-refractivity contribution in [3.05, 3.63) is 123 Å². The van der Waals surface area contributed by atoms with Gasteiger partial charge in [-0.25, -0.2) is 18.1 Å². The normalized spacial score (nSPS) is 18.0. The van der Waals surface area contributed by atoms with E-state index < -0.39 is 37.3 Å². The quantitative estimate of drug-likeness (QED) is 0.105. The van der Waals surface area contributed by atoms with E-state index >= 15 is 0 Å². The minimum atomic E-state index is -4.65. The number of fused-ring (bicyclic) bond motifs is 1. The van der Waals surface area contributed by atoms with E-state index in [0.717, 1.165) is 80.4 Å². The van der Waals surface area contributed by atoms with Crippen molar-refractivity contribution in [1.29, 1.82) is 0 Å². The van der Waals surface area contributed by atoms with Crippen LogP contribution in [0.25, 0.3) is 16.6 Å². The van der Waals surface area contributed by atoms with Gasteiger partial charge in [0.15, 0.2) is 0 Å². The summed E-state index contributed by atoms with van der Waals surface area (Å²) in [6.07, 6.45) is 8.54. The fraction of sp³-hybridized carbons (Fsp3) is 0.317. The predicted octanol–water partition coefficient (Wildman–Crippen LogP) is 8.49. The van der Waals surface area contributed by atoms with Gasteiger partial charge in [0.2, 0.25) is 5.82 Å². The highest BCUT2D eigenvalue weighted by Gasteiger charge is 2.51. The summed E-state index contributed by atoms with van der Waals surface area (Å²) in [4.78, 5) is 35.6. The summed E-state index contributed by atoms with van der Waals surface area (Å²) in [7, 11) is -4.65. The molecule has 3 heterocycles. The second kappa shape index (κ2) is 14.3. The molecule has 0 radical (unpaired) electrons. The maximum absolute atomic E-state index is 14.0. The average molecular weight is 799 g/mol. The third-order valence-corrected chi connectivity index (χ3v) is 12.8. The molecule has 290 valence electrons. The van der Waals surface area contributed by atoms with Crippen LogP contribution in [0.4, 0.5) is 15.8 Å². The molecule has 0 unspecified atom stereocenters. The Morgan fingerprint density at radius 3 is 2.59 bits per heavy atom. The van der Waals surface area contributed by atoms with Gasteiger partial charge in [-0.05, 0) is 97.2 Å². The number of carbonyl (C=O) groups is 1. The molecular weight excluding hydrogens is 759 g/mol. The second-order valence-electron chi connectivity index (χ2n) is 15.7. The monoisotopic (exact) mass is 798 g/mol. The Hall–Kier alpha value is -5.31. The van der Waals surface area contributed by atoms with Crippen molar-refractivity contribution in [2.45, 2.75) is 56.4 Å². The van der Waals surface area contributed by atoms with Gasteiger partial charge in [-0.3, -0.25) is 19.8 Å². The van der Waals surface area contributed by atoms with Crippen LogP contribution < -0.4 is 14.4 Å². The van der Waals surface area contributed by atoms with E-state index in [1.807, 2.05) is 22.9 Å². The van der Waals surface area contributed by atoms with Crippen molar-refractivity contribution in [1.82, 2.24) is 19.6 Å². The van der Waals surface area contributed by atoms with Gasteiger partial charge in [0.25, 0.3) is 15.9 Å². The lowest BCUT2D eigenvalue weighted by molar-refractivity contribution is -0.387. The smallest absolute Gasteiger partial charge is 0.306 e. The third-order valence-electron chi connectivity index (χ3n) is 11.2. The number of nitro benzene ring substituents is 1. The van der Waals surface area contributed by atoms with Crippen LogP contribution in [0.2, 0.25) is 5.02 Å². The topological polar surface area (TPSA) is 151 Å². The number of nitro groups is 1. The minimum absolute atomic E-state index is 0.00449. The lowest BCUT2D eigenvalue weighted by Crippen LogP contribution is -2.55. The molecule has 15 heteroatoms. The van der Waals surface area contributed by atoms with Crippen molar-refractivity contribution < 1.29 is 27.3 Å². The number of carbonyl (C=O) groups excluding carboxylic acids is 1. The molecule has 0 atom stereocenters. The highest BCUT2D eigenvalue weighted by atomic mass is 35.5. The molecule has 0 bridgehead atoms. The third kappa shape index (κ3) is 7.60. The van der Waals surface area contributed by atoms with Gasteiger partial charge in [-0.2, -0.15) is 4.39 Å². The summed E-state index contributed by atoms with van der Waals surface area (Å²) < 4.78 is 48.7. The number of hydrogen-bond acceptors (Lipinski definition) is 9. The first kappa shape index (κ1) is 37.6. The molecule has 1 saturated carbocycles. The molecule has 3 aliphatic rings. The number of allylic oxidation sites excluding steroid dienone is 1. The van der Waals surface area contributed by atoms with Gasteiger partial charge in [0, 0.05) is 66.1 Å². The number of rotatable bonds is 10. The standard InChI is InChI=1S/C41H40ClFN6O6S/c1-40(2)13-11-28(34(22-40)26-3-5-29(42)6-4-26)24-48-18-17-47(25-41(48)14-15-41)30-7-9-33(37(20-30)55-31-19-27-12-16-44-38(27)45-23-31)39(50)46-56(53,54)32-8-10-35(43)36(21-32)49(51)52/h3-10,12,16,19-21,23H,11,13-15,17-18,22,24-25H2,1-2H3,(H,44,45)(H,46,50). The zero-order chi connectivity index (χ0) is 39.4. The first-order valence-corrected chi connectivity index (χ1v) is 20.3.